The number of benzene rings is 2. The third-order valence-corrected chi connectivity index (χ3v) is 9.45. The fourth-order valence-electron chi connectivity index (χ4n) is 7.05. The number of halogens is 1. The quantitative estimate of drug-likeness (QED) is 0.345. The second-order valence-electron chi connectivity index (χ2n) is 11.5. The summed E-state index contributed by atoms with van der Waals surface area (Å²) in [5.41, 5.74) is 0.867. The van der Waals surface area contributed by atoms with E-state index in [1.54, 1.807) is 0 Å². The highest BCUT2D eigenvalue weighted by Gasteiger charge is 2.48. The molecule has 1 N–H and O–H groups in total. The average Bonchev–Trinajstić information content (AvgIpc) is 3.42. The van der Waals surface area contributed by atoms with Gasteiger partial charge in [-0.1, -0.05) is 73.3 Å². The molecule has 2 aromatic carbocycles. The highest BCUT2D eigenvalue weighted by Crippen LogP contribution is 2.44. The Bertz CT molecular complexity index is 1170. The normalized spacial score (nSPS) is 27.7. The summed E-state index contributed by atoms with van der Waals surface area (Å²) in [6.07, 6.45) is 10.0. The summed E-state index contributed by atoms with van der Waals surface area (Å²) < 4.78 is 13.9. The van der Waals surface area contributed by atoms with Gasteiger partial charge in [0.15, 0.2) is 11.4 Å². The van der Waals surface area contributed by atoms with E-state index < -0.39 is 5.60 Å². The molecule has 0 radical (unpaired) electrons. The first kappa shape index (κ1) is 25.1. The number of ether oxygens (including phenoxy) is 1. The van der Waals surface area contributed by atoms with Gasteiger partial charge in [0.2, 0.25) is 5.89 Å². The zero-order valence-electron chi connectivity index (χ0n) is 21.5. The van der Waals surface area contributed by atoms with E-state index in [9.17, 15) is 5.11 Å². The van der Waals surface area contributed by atoms with Gasteiger partial charge in [-0.25, -0.2) is 4.98 Å². The van der Waals surface area contributed by atoms with Gasteiger partial charge in [0.1, 0.15) is 19.2 Å². The van der Waals surface area contributed by atoms with Gasteiger partial charge in [0.25, 0.3) is 0 Å². The Morgan fingerprint density at radius 3 is 2.43 bits per heavy atom. The minimum atomic E-state index is -1.18. The Morgan fingerprint density at radius 2 is 1.70 bits per heavy atom. The number of quaternary nitrogens is 1. The van der Waals surface area contributed by atoms with Crippen molar-refractivity contribution in [1.82, 2.24) is 4.98 Å². The van der Waals surface area contributed by atoms with Crippen molar-refractivity contribution in [2.45, 2.75) is 69.8 Å². The second kappa shape index (κ2) is 10.5. The molecule has 2 bridgehead atoms. The molecule has 7 rings (SSSR count). The first-order valence-corrected chi connectivity index (χ1v) is 14.4. The van der Waals surface area contributed by atoms with Crippen LogP contribution in [0.4, 0.5) is 0 Å². The van der Waals surface area contributed by atoms with Crippen LogP contribution in [0.25, 0.3) is 0 Å². The molecule has 0 amide bonds. The molecule has 4 heterocycles. The Kier molecular flexibility index (Phi) is 7.15. The topological polar surface area (TPSA) is 55.5 Å². The van der Waals surface area contributed by atoms with Crippen molar-refractivity contribution in [3.05, 3.63) is 88.6 Å². The van der Waals surface area contributed by atoms with Gasteiger partial charge >= 0.3 is 0 Å². The number of nitrogens with zero attached hydrogens (tertiary/aromatic N) is 2. The molecule has 4 aliphatic rings. The van der Waals surface area contributed by atoms with Gasteiger partial charge in [-0.3, -0.25) is 0 Å². The van der Waals surface area contributed by atoms with Gasteiger partial charge < -0.3 is 18.7 Å². The van der Waals surface area contributed by atoms with Crippen LogP contribution in [0, 0.1) is 11.8 Å². The predicted molar refractivity (Wildman–Crippen MR) is 144 cm³/mol. The smallest absolute Gasteiger partial charge is 0.231 e. The summed E-state index contributed by atoms with van der Waals surface area (Å²) in [6, 6.07) is 18.0. The van der Waals surface area contributed by atoms with Crippen molar-refractivity contribution in [3.8, 4) is 0 Å². The van der Waals surface area contributed by atoms with Gasteiger partial charge in [0.05, 0.1) is 25.9 Å². The molecule has 3 saturated heterocycles. The summed E-state index contributed by atoms with van der Waals surface area (Å²) in [4.78, 5) is 4.72. The van der Waals surface area contributed by atoms with Crippen molar-refractivity contribution in [2.24, 2.45) is 11.8 Å². The summed E-state index contributed by atoms with van der Waals surface area (Å²) in [5, 5.41) is 12.9. The summed E-state index contributed by atoms with van der Waals surface area (Å²) in [6.45, 7) is 4.71. The predicted octanol–water partition coefficient (Wildman–Crippen LogP) is 6.47. The van der Waals surface area contributed by atoms with Crippen LogP contribution < -0.4 is 0 Å². The van der Waals surface area contributed by atoms with Crippen LogP contribution in [-0.4, -0.2) is 40.3 Å². The molecule has 2 atom stereocenters. The molecule has 37 heavy (non-hydrogen) atoms. The summed E-state index contributed by atoms with van der Waals surface area (Å²) in [5.74, 6) is 2.09. The fourth-order valence-corrected chi connectivity index (χ4v) is 7.18. The van der Waals surface area contributed by atoms with Crippen molar-refractivity contribution in [1.29, 1.82) is 0 Å². The van der Waals surface area contributed by atoms with Crippen molar-refractivity contribution in [3.63, 3.8) is 0 Å². The van der Waals surface area contributed by atoms with E-state index in [4.69, 9.17) is 25.7 Å². The van der Waals surface area contributed by atoms with Crippen LogP contribution in [0.5, 0.6) is 0 Å². The lowest BCUT2D eigenvalue weighted by Crippen LogP contribution is -2.63. The maximum atomic E-state index is 12.2. The van der Waals surface area contributed by atoms with Gasteiger partial charge in [-0.15, -0.1) is 0 Å². The monoisotopic (exact) mass is 521 g/mol. The SMILES string of the molecule is O[C@](c1ccccc1)(c1ncc(C[N+]23CCC(CC2)[C@@H](OCc2ccc(Cl)cc2)C3)o1)C1CCCCC1. The first-order valence-electron chi connectivity index (χ1n) is 14.0. The third kappa shape index (κ3) is 5.12. The fraction of sp³-hybridized carbons (Fsp3) is 0.516. The van der Waals surface area contributed by atoms with Gasteiger partial charge in [0, 0.05) is 29.7 Å². The van der Waals surface area contributed by atoms with Crippen LogP contribution in [-0.2, 0) is 23.5 Å². The zero-order valence-corrected chi connectivity index (χ0v) is 22.3. The molecule has 1 aliphatic carbocycles. The van der Waals surface area contributed by atoms with Crippen molar-refractivity contribution in [2.75, 3.05) is 19.6 Å². The van der Waals surface area contributed by atoms with E-state index in [2.05, 4.69) is 0 Å². The number of oxazole rings is 1. The van der Waals surface area contributed by atoms with E-state index >= 15 is 0 Å². The molecule has 4 fully saturated rings. The van der Waals surface area contributed by atoms with Crippen LogP contribution in [0.3, 0.4) is 0 Å². The summed E-state index contributed by atoms with van der Waals surface area (Å²) in [7, 11) is 0. The number of hydrogen-bond acceptors (Lipinski definition) is 4. The molecule has 1 aromatic heterocycles. The molecule has 3 aromatic rings. The number of piperidine rings is 3. The molecule has 0 unspecified atom stereocenters. The lowest BCUT2D eigenvalue weighted by molar-refractivity contribution is -0.959. The molecular formula is C31H38ClN2O3+. The Labute approximate surface area is 225 Å². The van der Waals surface area contributed by atoms with E-state index in [0.717, 1.165) is 78.3 Å². The molecule has 0 spiro atoms. The number of fused-ring (bicyclic) bond motifs is 3. The first-order chi connectivity index (χ1) is 18.0. The van der Waals surface area contributed by atoms with Crippen molar-refractivity contribution >= 4 is 11.6 Å². The standard InChI is InChI=1S/C31H38ClN2O3/c32-27-13-11-23(12-14-27)22-36-29-21-34(17-15-24(29)16-18-34)20-28-19-33-30(37-28)31(35,25-7-3-1-4-8-25)26-9-5-2-6-10-26/h1,3-4,7-8,11-14,19,24,26,29,35H,2,5-6,9-10,15-18,20-22H2/q+1/t24?,29-,31-,34?/m0/s1. The van der Waals surface area contributed by atoms with Gasteiger partial charge in [-0.2, -0.15) is 0 Å². The van der Waals surface area contributed by atoms with Crippen LogP contribution in [0.1, 0.15) is 67.7 Å². The highest BCUT2D eigenvalue weighted by molar-refractivity contribution is 6.30. The van der Waals surface area contributed by atoms with E-state index in [1.165, 1.54) is 19.3 Å². The van der Waals surface area contributed by atoms with Crippen LogP contribution in [0.2, 0.25) is 5.02 Å². The summed E-state index contributed by atoms with van der Waals surface area (Å²) >= 11 is 6.04. The molecule has 1 saturated carbocycles. The largest absolute Gasteiger partial charge is 0.436 e. The Balaban J connectivity index is 1.19. The lowest BCUT2D eigenvalue weighted by atomic mass is 9.73. The number of aromatic nitrogens is 1. The Morgan fingerprint density at radius 1 is 0.973 bits per heavy atom. The minimum absolute atomic E-state index is 0.124. The number of aliphatic hydroxyl groups is 1. The molecule has 3 aliphatic heterocycles. The Hall–Kier alpha value is -2.18. The third-order valence-electron chi connectivity index (χ3n) is 9.20. The van der Waals surface area contributed by atoms with Crippen LogP contribution >= 0.6 is 11.6 Å². The highest BCUT2D eigenvalue weighted by atomic mass is 35.5. The average molecular weight is 522 g/mol. The van der Waals surface area contributed by atoms with Gasteiger partial charge in [-0.05, 0) is 36.1 Å². The lowest BCUT2D eigenvalue weighted by Gasteiger charge is -2.52. The molecular weight excluding hydrogens is 484 g/mol. The maximum absolute atomic E-state index is 12.2. The van der Waals surface area contributed by atoms with Crippen LogP contribution in [0.15, 0.2) is 65.2 Å². The van der Waals surface area contributed by atoms with E-state index in [-0.39, 0.29) is 12.0 Å². The number of hydrogen-bond donors (Lipinski definition) is 1. The molecule has 5 nitrogen and oxygen atoms in total. The second-order valence-corrected chi connectivity index (χ2v) is 12.0. The van der Waals surface area contributed by atoms with E-state index in [1.807, 2.05) is 60.8 Å². The maximum Gasteiger partial charge on any atom is 0.231 e. The number of rotatable bonds is 8. The minimum Gasteiger partial charge on any atom is -0.436 e. The molecule has 196 valence electrons. The van der Waals surface area contributed by atoms with E-state index in [0.29, 0.717) is 18.4 Å². The molecule has 6 heteroatoms. The van der Waals surface area contributed by atoms with Crippen molar-refractivity contribution < 1.29 is 18.7 Å². The zero-order chi connectivity index (χ0) is 25.3.